The minimum atomic E-state index is -1.71. The SMILES string of the molecule is COC(=N[C@H](NC(=S)NC(C)(C)C)C(Cl)(Cl)Cl)c1ccc(C)cc1. The number of nitrogens with zero attached hydrogens (tertiary/aromatic N) is 1. The van der Waals surface area contributed by atoms with Crippen molar-refractivity contribution in [3.05, 3.63) is 35.4 Å². The van der Waals surface area contributed by atoms with Crippen molar-refractivity contribution in [1.82, 2.24) is 10.6 Å². The summed E-state index contributed by atoms with van der Waals surface area (Å²) in [6.07, 6.45) is -0.916. The van der Waals surface area contributed by atoms with Gasteiger partial charge in [-0.3, -0.25) is 0 Å². The van der Waals surface area contributed by atoms with E-state index in [1.165, 1.54) is 7.11 Å². The number of aryl methyl sites for hydroxylation is 1. The number of thiocarbonyl (C=S) groups is 1. The Bertz CT molecular complexity index is 592. The topological polar surface area (TPSA) is 45.6 Å². The van der Waals surface area contributed by atoms with Gasteiger partial charge < -0.3 is 15.4 Å². The highest BCUT2D eigenvalue weighted by molar-refractivity contribution is 7.80. The summed E-state index contributed by atoms with van der Waals surface area (Å²) in [5, 5.41) is 6.35. The number of aliphatic imine (C=N–C) groups is 1. The number of hydrogen-bond acceptors (Lipinski definition) is 3. The van der Waals surface area contributed by atoms with Crippen molar-refractivity contribution in [2.75, 3.05) is 7.11 Å². The van der Waals surface area contributed by atoms with Gasteiger partial charge in [0.2, 0.25) is 9.69 Å². The molecular formula is C16H22Cl3N3OS. The highest BCUT2D eigenvalue weighted by Gasteiger charge is 2.34. The minimum absolute atomic E-state index is 0.229. The maximum atomic E-state index is 6.05. The summed E-state index contributed by atoms with van der Waals surface area (Å²) < 4.78 is 3.64. The lowest BCUT2D eigenvalue weighted by atomic mass is 10.1. The van der Waals surface area contributed by atoms with Gasteiger partial charge in [0.15, 0.2) is 11.3 Å². The minimum Gasteiger partial charge on any atom is -0.481 e. The Balaban J connectivity index is 3.06. The van der Waals surface area contributed by atoms with Crippen LogP contribution < -0.4 is 10.6 Å². The zero-order chi connectivity index (χ0) is 18.5. The van der Waals surface area contributed by atoms with E-state index in [0.717, 1.165) is 11.1 Å². The molecule has 1 rings (SSSR count). The second-order valence-corrected chi connectivity index (χ2v) is 9.07. The van der Waals surface area contributed by atoms with Crippen LogP contribution in [0.15, 0.2) is 29.3 Å². The Morgan fingerprint density at radius 2 is 1.71 bits per heavy atom. The van der Waals surface area contributed by atoms with Gasteiger partial charge in [-0.2, -0.15) is 0 Å². The molecule has 1 atom stereocenters. The molecule has 0 aromatic heterocycles. The molecule has 0 aliphatic rings. The van der Waals surface area contributed by atoms with Gasteiger partial charge in [-0.1, -0.05) is 52.5 Å². The quantitative estimate of drug-likeness (QED) is 0.337. The molecule has 2 N–H and O–H groups in total. The summed E-state index contributed by atoms with van der Waals surface area (Å²) in [4.78, 5) is 4.40. The molecule has 0 bridgehead atoms. The molecule has 0 saturated carbocycles. The normalized spacial score (nSPS) is 14.1. The highest BCUT2D eigenvalue weighted by Crippen LogP contribution is 2.31. The van der Waals surface area contributed by atoms with Gasteiger partial charge in [-0.25, -0.2) is 4.99 Å². The third-order valence-corrected chi connectivity index (χ3v) is 3.64. The zero-order valence-electron chi connectivity index (χ0n) is 14.3. The molecule has 0 unspecified atom stereocenters. The first-order chi connectivity index (χ1) is 10.9. The van der Waals surface area contributed by atoms with Crippen molar-refractivity contribution in [3.63, 3.8) is 0 Å². The highest BCUT2D eigenvalue weighted by atomic mass is 35.6. The molecule has 1 aromatic carbocycles. The van der Waals surface area contributed by atoms with Crippen LogP contribution in [0.5, 0.6) is 0 Å². The van der Waals surface area contributed by atoms with Gasteiger partial charge in [0.25, 0.3) is 0 Å². The Labute approximate surface area is 163 Å². The number of rotatable bonds is 3. The molecule has 0 fully saturated rings. The molecule has 0 saturated heterocycles. The number of benzene rings is 1. The predicted octanol–water partition coefficient (Wildman–Crippen LogP) is 4.35. The third-order valence-electron chi connectivity index (χ3n) is 2.80. The van der Waals surface area contributed by atoms with Gasteiger partial charge in [0.1, 0.15) is 0 Å². The number of ether oxygens (including phenoxy) is 1. The van der Waals surface area contributed by atoms with Crippen molar-refractivity contribution in [2.45, 2.75) is 43.2 Å². The molecule has 24 heavy (non-hydrogen) atoms. The summed E-state index contributed by atoms with van der Waals surface area (Å²) >= 11 is 23.4. The van der Waals surface area contributed by atoms with Gasteiger partial charge in [0, 0.05) is 11.1 Å². The number of nitrogens with one attached hydrogen (secondary N) is 2. The van der Waals surface area contributed by atoms with Gasteiger partial charge in [0.05, 0.1) is 7.11 Å². The van der Waals surface area contributed by atoms with E-state index < -0.39 is 9.96 Å². The lowest BCUT2D eigenvalue weighted by Crippen LogP contribution is -2.52. The first kappa shape index (κ1) is 21.3. The van der Waals surface area contributed by atoms with E-state index in [-0.39, 0.29) is 5.54 Å². The third kappa shape index (κ3) is 7.43. The number of halogens is 3. The van der Waals surface area contributed by atoms with E-state index in [1.54, 1.807) is 0 Å². The predicted molar refractivity (Wildman–Crippen MR) is 107 cm³/mol. The summed E-state index contributed by atoms with van der Waals surface area (Å²) in [6.45, 7) is 7.92. The Kier molecular flexibility index (Phi) is 7.60. The average Bonchev–Trinajstić information content (AvgIpc) is 2.41. The van der Waals surface area contributed by atoms with Gasteiger partial charge in [-0.15, -0.1) is 0 Å². The molecule has 134 valence electrons. The molecule has 0 radical (unpaired) electrons. The molecular weight excluding hydrogens is 389 g/mol. The molecule has 0 amide bonds. The lowest BCUT2D eigenvalue weighted by Gasteiger charge is -2.28. The molecule has 0 spiro atoms. The smallest absolute Gasteiger partial charge is 0.230 e. The Hall–Kier alpha value is -0.750. The summed E-state index contributed by atoms with van der Waals surface area (Å²) in [5.74, 6) is 0.345. The van der Waals surface area contributed by atoms with Crippen LogP contribution in [-0.2, 0) is 4.74 Å². The largest absolute Gasteiger partial charge is 0.481 e. The van der Waals surface area contributed by atoms with Crippen LogP contribution in [-0.4, -0.2) is 33.6 Å². The monoisotopic (exact) mass is 409 g/mol. The average molecular weight is 411 g/mol. The van der Waals surface area contributed by atoms with Crippen LogP contribution in [0.25, 0.3) is 0 Å². The number of hydrogen-bond donors (Lipinski definition) is 2. The summed E-state index contributed by atoms with van der Waals surface area (Å²) in [7, 11) is 1.51. The fourth-order valence-corrected chi connectivity index (χ4v) is 2.47. The molecule has 0 aliphatic carbocycles. The van der Waals surface area contributed by atoms with Crippen LogP contribution in [0.4, 0.5) is 0 Å². The van der Waals surface area contributed by atoms with E-state index in [2.05, 4.69) is 15.6 Å². The van der Waals surface area contributed by atoms with Crippen molar-refractivity contribution in [2.24, 2.45) is 4.99 Å². The second kappa shape index (κ2) is 8.56. The Morgan fingerprint density at radius 3 is 2.12 bits per heavy atom. The van der Waals surface area contributed by atoms with Gasteiger partial charge >= 0.3 is 0 Å². The first-order valence-corrected chi connectivity index (χ1v) is 8.81. The summed E-state index contributed by atoms with van der Waals surface area (Å²) in [5.41, 5.74) is 1.67. The summed E-state index contributed by atoms with van der Waals surface area (Å²) in [6, 6.07) is 7.68. The van der Waals surface area contributed by atoms with Crippen LogP contribution in [0.1, 0.15) is 31.9 Å². The van der Waals surface area contributed by atoms with Crippen LogP contribution in [0, 0.1) is 6.92 Å². The van der Waals surface area contributed by atoms with Crippen molar-refractivity contribution in [1.29, 1.82) is 0 Å². The molecule has 8 heteroatoms. The molecule has 4 nitrogen and oxygen atoms in total. The lowest BCUT2D eigenvalue weighted by molar-refractivity contribution is 0.397. The van der Waals surface area contributed by atoms with Crippen LogP contribution in [0.3, 0.4) is 0 Å². The van der Waals surface area contributed by atoms with E-state index in [0.29, 0.717) is 11.0 Å². The first-order valence-electron chi connectivity index (χ1n) is 7.26. The van der Waals surface area contributed by atoms with E-state index >= 15 is 0 Å². The van der Waals surface area contributed by atoms with Crippen molar-refractivity contribution in [3.8, 4) is 0 Å². The number of methoxy groups -OCH3 is 1. The van der Waals surface area contributed by atoms with Crippen LogP contribution >= 0.6 is 47.0 Å². The fourth-order valence-electron chi connectivity index (χ4n) is 1.75. The maximum Gasteiger partial charge on any atom is 0.230 e. The van der Waals surface area contributed by atoms with Crippen molar-refractivity contribution < 1.29 is 4.74 Å². The maximum absolute atomic E-state index is 6.05. The fraction of sp³-hybridized carbons (Fsp3) is 0.500. The van der Waals surface area contributed by atoms with Gasteiger partial charge in [-0.05, 0) is 52.0 Å². The van der Waals surface area contributed by atoms with E-state index in [4.69, 9.17) is 51.8 Å². The Morgan fingerprint density at radius 1 is 1.17 bits per heavy atom. The number of alkyl halides is 3. The molecule has 1 aromatic rings. The van der Waals surface area contributed by atoms with Crippen molar-refractivity contribution >= 4 is 58.0 Å². The van der Waals surface area contributed by atoms with E-state index in [1.807, 2.05) is 52.0 Å². The second-order valence-electron chi connectivity index (χ2n) is 6.30. The molecule has 0 heterocycles. The zero-order valence-corrected chi connectivity index (χ0v) is 17.4. The molecule has 0 aliphatic heterocycles. The standard InChI is InChI=1S/C16H22Cl3N3OS/c1-10-6-8-11(9-7-10)12(23-5)20-13(16(17,18)19)21-14(24)22-15(2,3)4/h6-9,13H,1-5H3,(H2,21,22,24)/t13-/m1/s1. The van der Waals surface area contributed by atoms with Crippen LogP contribution in [0.2, 0.25) is 0 Å². The van der Waals surface area contributed by atoms with E-state index in [9.17, 15) is 0 Å².